The topological polar surface area (TPSA) is 118 Å². The molecule has 0 saturated heterocycles. The van der Waals surface area contributed by atoms with Crippen molar-refractivity contribution >= 4 is 78.6 Å². The largest absolute Gasteiger partial charge is 0.494 e. The summed E-state index contributed by atoms with van der Waals surface area (Å²) in [5.74, 6) is 2.70. The van der Waals surface area contributed by atoms with Gasteiger partial charge >= 0.3 is 0 Å². The lowest BCUT2D eigenvalue weighted by Crippen LogP contribution is -2.13. The van der Waals surface area contributed by atoms with Crippen LogP contribution in [0.5, 0.6) is 11.5 Å². The highest BCUT2D eigenvalue weighted by atomic mass is 32.1. The molecule has 7 rings (SSSR count). The number of hydrogen-bond donors (Lipinski definition) is 2. The first-order valence-corrected chi connectivity index (χ1v) is 18.3. The average molecular weight is 723 g/mol. The third-order valence-electron chi connectivity index (χ3n) is 7.51. The molecule has 2 N–H and O–H groups in total. The number of amidine groups is 2. The van der Waals surface area contributed by atoms with E-state index in [4.69, 9.17) is 19.4 Å². The molecule has 2 aromatic heterocycles. The number of para-hydroxylation sites is 2. The van der Waals surface area contributed by atoms with Crippen molar-refractivity contribution < 1.29 is 9.47 Å². The summed E-state index contributed by atoms with van der Waals surface area (Å²) < 4.78 is 13.3. The zero-order valence-corrected chi connectivity index (χ0v) is 30.1. The number of nitrogens with one attached hydrogen (secondary N) is 2. The van der Waals surface area contributed by atoms with E-state index in [-0.39, 0.29) is 0 Å². The predicted octanol–water partition coefficient (Wildman–Crippen LogP) is 9.49. The first kappa shape index (κ1) is 34.2. The molecule has 0 saturated carbocycles. The first-order valence-electron chi connectivity index (χ1n) is 16.7. The van der Waals surface area contributed by atoms with Crippen molar-refractivity contribution in [3.8, 4) is 11.5 Å². The number of ether oxygens (including phenoxy) is 2. The van der Waals surface area contributed by atoms with Gasteiger partial charge in [0.1, 0.15) is 11.5 Å². The molecule has 0 bridgehead atoms. The number of thiazole rings is 2. The molecular weight excluding hydrogens is 689 g/mol. The fourth-order valence-corrected chi connectivity index (χ4v) is 6.85. The average Bonchev–Trinajstić information content (AvgIpc) is 3.81. The highest BCUT2D eigenvalue weighted by molar-refractivity contribution is 7.20. The Morgan fingerprint density at radius 3 is 1.35 bits per heavy atom. The van der Waals surface area contributed by atoms with E-state index in [0.717, 1.165) is 64.4 Å². The molecule has 258 valence electrons. The Morgan fingerprint density at radius 1 is 0.558 bits per heavy atom. The third kappa shape index (κ3) is 8.73. The maximum atomic E-state index is 5.59. The standard InChI is InChI=1S/C40H34N8O2S2/c1-3-49-31-21-17-29(18-22-31)43-37(39-45-33-9-5-7-11-35(33)51-39)47-41-25-27-13-15-28(16-14-27)26-42-48-38(40-46-34-10-6-8-12-36(34)52-40)44-30-19-23-32(24-20-30)50-4-2/h5-26H,3-4H2,1-2H3,(H,43,47)(H,44,48). The lowest BCUT2D eigenvalue weighted by Gasteiger charge is -2.08. The number of anilines is 2. The number of rotatable bonds is 12. The van der Waals surface area contributed by atoms with Crippen molar-refractivity contribution in [3.63, 3.8) is 0 Å². The van der Waals surface area contributed by atoms with Crippen molar-refractivity contribution in [1.29, 1.82) is 0 Å². The van der Waals surface area contributed by atoms with Gasteiger partial charge in [0.25, 0.3) is 0 Å². The van der Waals surface area contributed by atoms with Gasteiger partial charge in [-0.05, 0) is 97.8 Å². The van der Waals surface area contributed by atoms with Gasteiger partial charge in [0, 0.05) is 11.4 Å². The molecule has 0 unspecified atom stereocenters. The Morgan fingerprint density at radius 2 is 0.962 bits per heavy atom. The van der Waals surface area contributed by atoms with Crippen LogP contribution in [0.4, 0.5) is 11.4 Å². The van der Waals surface area contributed by atoms with Crippen LogP contribution in [0.3, 0.4) is 0 Å². The van der Waals surface area contributed by atoms with Gasteiger partial charge in [-0.15, -0.1) is 32.9 Å². The number of nitrogens with zero attached hydrogens (tertiary/aromatic N) is 6. The van der Waals surface area contributed by atoms with Gasteiger partial charge in [-0.1, -0.05) is 48.5 Å². The van der Waals surface area contributed by atoms with E-state index in [1.54, 1.807) is 35.1 Å². The minimum atomic E-state index is 0.547. The van der Waals surface area contributed by atoms with Crippen LogP contribution < -0.4 is 20.1 Å². The van der Waals surface area contributed by atoms with E-state index >= 15 is 0 Å². The van der Waals surface area contributed by atoms with Crippen LogP contribution >= 0.6 is 22.7 Å². The van der Waals surface area contributed by atoms with Gasteiger partial charge in [-0.25, -0.2) is 9.97 Å². The maximum Gasteiger partial charge on any atom is 0.189 e. The Bertz CT molecular complexity index is 2150. The van der Waals surface area contributed by atoms with Gasteiger partial charge in [0.2, 0.25) is 0 Å². The van der Waals surface area contributed by atoms with Crippen LogP contribution in [0.15, 0.2) is 142 Å². The Hall–Kier alpha value is -6.24. The molecular formula is C40H34N8O2S2. The number of hydrogen-bond acceptors (Lipinski definition) is 10. The van der Waals surface area contributed by atoms with E-state index in [9.17, 15) is 0 Å². The Kier molecular flexibility index (Phi) is 11.0. The van der Waals surface area contributed by atoms with Crippen molar-refractivity contribution in [3.05, 3.63) is 142 Å². The van der Waals surface area contributed by atoms with E-state index < -0.39 is 0 Å². The molecule has 12 heteroatoms. The van der Waals surface area contributed by atoms with Crippen molar-refractivity contribution in [1.82, 2.24) is 9.97 Å². The minimum absolute atomic E-state index is 0.547. The van der Waals surface area contributed by atoms with E-state index in [1.807, 2.05) is 135 Å². The summed E-state index contributed by atoms with van der Waals surface area (Å²) in [5, 5.41) is 26.2. The van der Waals surface area contributed by atoms with Gasteiger partial charge in [0.15, 0.2) is 21.7 Å². The second-order valence-corrected chi connectivity index (χ2v) is 13.3. The Labute approximate surface area is 309 Å². The van der Waals surface area contributed by atoms with Gasteiger partial charge < -0.3 is 20.1 Å². The summed E-state index contributed by atoms with van der Waals surface area (Å²) in [5.41, 5.74) is 5.28. The molecule has 5 aromatic carbocycles. The lowest BCUT2D eigenvalue weighted by atomic mass is 10.2. The molecule has 0 amide bonds. The number of fused-ring (bicyclic) bond motifs is 2. The molecule has 52 heavy (non-hydrogen) atoms. The van der Waals surface area contributed by atoms with E-state index in [2.05, 4.69) is 31.0 Å². The molecule has 0 aliphatic heterocycles. The van der Waals surface area contributed by atoms with Gasteiger partial charge in [0.05, 0.1) is 46.1 Å². The maximum absolute atomic E-state index is 5.59. The minimum Gasteiger partial charge on any atom is -0.494 e. The molecule has 0 aliphatic rings. The normalized spacial score (nSPS) is 12.3. The van der Waals surface area contributed by atoms with Gasteiger partial charge in [-0.2, -0.15) is 10.2 Å². The summed E-state index contributed by atoms with van der Waals surface area (Å²) >= 11 is 3.11. The highest BCUT2D eigenvalue weighted by Crippen LogP contribution is 2.25. The van der Waals surface area contributed by atoms with Crippen LogP contribution in [-0.4, -0.2) is 47.3 Å². The summed E-state index contributed by atoms with van der Waals surface area (Å²) in [7, 11) is 0. The second-order valence-electron chi connectivity index (χ2n) is 11.2. The van der Waals surface area contributed by atoms with Crippen molar-refractivity contribution in [2.75, 3.05) is 23.8 Å². The third-order valence-corrected chi connectivity index (χ3v) is 9.60. The zero-order chi connectivity index (χ0) is 35.5. The second kappa shape index (κ2) is 16.6. The summed E-state index contributed by atoms with van der Waals surface area (Å²) in [6.45, 7) is 5.14. The molecule has 0 aliphatic carbocycles. The fourth-order valence-electron chi connectivity index (χ4n) is 5.04. The Balaban J connectivity index is 1.08. The number of benzene rings is 5. The molecule has 2 heterocycles. The highest BCUT2D eigenvalue weighted by Gasteiger charge is 2.13. The van der Waals surface area contributed by atoms with Gasteiger partial charge in [-0.3, -0.25) is 0 Å². The van der Waals surface area contributed by atoms with Crippen LogP contribution in [0.2, 0.25) is 0 Å². The summed E-state index contributed by atoms with van der Waals surface area (Å²) in [6.07, 6.45) is 3.41. The van der Waals surface area contributed by atoms with E-state index in [0.29, 0.717) is 24.9 Å². The zero-order valence-electron chi connectivity index (χ0n) is 28.4. The van der Waals surface area contributed by atoms with Crippen LogP contribution in [0.25, 0.3) is 20.4 Å². The molecule has 0 spiro atoms. The first-order chi connectivity index (χ1) is 25.6. The van der Waals surface area contributed by atoms with Crippen LogP contribution in [0, 0.1) is 0 Å². The molecule has 10 nitrogen and oxygen atoms in total. The van der Waals surface area contributed by atoms with Crippen molar-refractivity contribution in [2.24, 2.45) is 20.4 Å². The molecule has 0 radical (unpaired) electrons. The van der Waals surface area contributed by atoms with Crippen LogP contribution in [0.1, 0.15) is 35.0 Å². The summed E-state index contributed by atoms with van der Waals surface area (Å²) in [4.78, 5) is 9.57. The fraction of sp³-hybridized carbons (Fsp3) is 0.100. The smallest absolute Gasteiger partial charge is 0.189 e. The van der Waals surface area contributed by atoms with Crippen LogP contribution in [-0.2, 0) is 0 Å². The van der Waals surface area contributed by atoms with Crippen molar-refractivity contribution in [2.45, 2.75) is 13.8 Å². The van der Waals surface area contributed by atoms with E-state index in [1.165, 1.54) is 0 Å². The molecule has 0 fully saturated rings. The predicted molar refractivity (Wildman–Crippen MR) is 216 cm³/mol. The molecule has 7 aromatic rings. The monoisotopic (exact) mass is 722 g/mol. The SMILES string of the molecule is CCOc1ccc(NC(=NN=Cc2ccc(C=NN=C(Nc3ccc(OCC)cc3)c3nc4ccccc4s3)cc2)c2nc3ccccc3s2)cc1. The number of aromatic nitrogens is 2. The quantitative estimate of drug-likeness (QED) is 0.0737. The lowest BCUT2D eigenvalue weighted by molar-refractivity contribution is 0.340. The summed E-state index contributed by atoms with van der Waals surface area (Å²) in [6, 6.07) is 39.3. The molecule has 0 atom stereocenters.